The molecule has 0 unspecified atom stereocenters. The lowest BCUT2D eigenvalue weighted by atomic mass is 9.99. The fourth-order valence-corrected chi connectivity index (χ4v) is 3.01. The van der Waals surface area contributed by atoms with Crippen LogP contribution < -0.4 is 0 Å². The average Bonchev–Trinajstić information content (AvgIpc) is 3.02. The second-order valence-electron chi connectivity index (χ2n) is 7.57. The van der Waals surface area contributed by atoms with Gasteiger partial charge in [-0.05, 0) is 40.0 Å². The standard InChI is InChI=1S/C20H32N2O5/c1-7-9-10-12-21(14-16(23)26-6)18(24)17-15(8-2)11-13-22(17)19(25)27-20(3,4)5/h7-8,15,17H,1-2,9-14H2,3-6H3/t15-,17-/m0/s1. The summed E-state index contributed by atoms with van der Waals surface area (Å²) in [5.74, 6) is -0.985. The maximum absolute atomic E-state index is 13.2. The molecule has 1 aliphatic heterocycles. The molecule has 1 heterocycles. The minimum Gasteiger partial charge on any atom is -0.468 e. The van der Waals surface area contributed by atoms with Crippen LogP contribution in [0.25, 0.3) is 0 Å². The molecule has 0 spiro atoms. The van der Waals surface area contributed by atoms with Gasteiger partial charge in [-0.1, -0.05) is 12.2 Å². The Morgan fingerprint density at radius 3 is 2.44 bits per heavy atom. The summed E-state index contributed by atoms with van der Waals surface area (Å²) in [7, 11) is 1.28. The molecule has 0 saturated carbocycles. The molecule has 7 heteroatoms. The van der Waals surface area contributed by atoms with Crippen molar-refractivity contribution in [2.45, 2.75) is 51.7 Å². The largest absolute Gasteiger partial charge is 0.468 e. The summed E-state index contributed by atoms with van der Waals surface area (Å²) in [6, 6.07) is -0.731. The SMILES string of the molecule is C=CCCCN(CC(=O)OC)C(=O)[C@@H]1[C@@H](C=C)CCN1C(=O)OC(C)(C)C. The number of amides is 2. The van der Waals surface area contributed by atoms with Crippen molar-refractivity contribution in [3.8, 4) is 0 Å². The number of rotatable bonds is 8. The molecule has 0 radical (unpaired) electrons. The van der Waals surface area contributed by atoms with E-state index in [-0.39, 0.29) is 18.4 Å². The van der Waals surface area contributed by atoms with Crippen molar-refractivity contribution in [3.05, 3.63) is 25.3 Å². The van der Waals surface area contributed by atoms with E-state index in [1.54, 1.807) is 32.9 Å². The number of hydrogen-bond donors (Lipinski definition) is 0. The second kappa shape index (κ2) is 10.1. The third-order valence-corrected chi connectivity index (χ3v) is 4.32. The minimum atomic E-state index is -0.731. The molecule has 1 aliphatic rings. The van der Waals surface area contributed by atoms with E-state index in [9.17, 15) is 14.4 Å². The van der Waals surface area contributed by atoms with Crippen LogP contribution >= 0.6 is 0 Å². The number of carbonyl (C=O) groups is 3. The number of unbranched alkanes of at least 4 members (excludes halogenated alkanes) is 1. The van der Waals surface area contributed by atoms with Gasteiger partial charge in [-0.15, -0.1) is 13.2 Å². The molecule has 7 nitrogen and oxygen atoms in total. The highest BCUT2D eigenvalue weighted by Gasteiger charge is 2.44. The highest BCUT2D eigenvalue weighted by molar-refractivity contribution is 5.89. The van der Waals surface area contributed by atoms with E-state index in [0.717, 1.165) is 6.42 Å². The topological polar surface area (TPSA) is 76.2 Å². The summed E-state index contributed by atoms with van der Waals surface area (Å²) >= 11 is 0. The van der Waals surface area contributed by atoms with E-state index in [2.05, 4.69) is 13.2 Å². The van der Waals surface area contributed by atoms with Gasteiger partial charge in [0.2, 0.25) is 5.91 Å². The molecule has 0 N–H and O–H groups in total. The molecule has 1 saturated heterocycles. The fourth-order valence-electron chi connectivity index (χ4n) is 3.01. The van der Waals surface area contributed by atoms with Crippen LogP contribution in [-0.4, -0.2) is 66.2 Å². The number of methoxy groups -OCH3 is 1. The smallest absolute Gasteiger partial charge is 0.410 e. The number of likely N-dealkylation sites (tertiary alicyclic amines) is 1. The van der Waals surface area contributed by atoms with E-state index in [4.69, 9.17) is 9.47 Å². The highest BCUT2D eigenvalue weighted by atomic mass is 16.6. The Balaban J connectivity index is 3.03. The first-order chi connectivity index (χ1) is 12.6. The molecule has 0 bridgehead atoms. The molecule has 2 amide bonds. The van der Waals surface area contributed by atoms with Crippen molar-refractivity contribution >= 4 is 18.0 Å². The zero-order valence-corrected chi connectivity index (χ0v) is 16.9. The van der Waals surface area contributed by atoms with Crippen LogP contribution in [0, 0.1) is 5.92 Å². The number of ether oxygens (including phenoxy) is 2. The molecule has 0 aromatic heterocycles. The number of nitrogens with zero attached hydrogens (tertiary/aromatic N) is 2. The third kappa shape index (κ3) is 6.73. The third-order valence-electron chi connectivity index (χ3n) is 4.32. The summed E-state index contributed by atoms with van der Waals surface area (Å²) in [5, 5.41) is 0. The lowest BCUT2D eigenvalue weighted by Gasteiger charge is -2.32. The van der Waals surface area contributed by atoms with Crippen molar-refractivity contribution in [3.63, 3.8) is 0 Å². The van der Waals surface area contributed by atoms with Crippen molar-refractivity contribution in [2.75, 3.05) is 26.7 Å². The first-order valence-corrected chi connectivity index (χ1v) is 9.23. The normalized spacial score (nSPS) is 19.3. The van der Waals surface area contributed by atoms with Crippen LogP contribution in [0.2, 0.25) is 0 Å². The molecule has 2 atom stereocenters. The quantitative estimate of drug-likeness (QED) is 0.368. The van der Waals surface area contributed by atoms with Gasteiger partial charge in [-0.3, -0.25) is 14.5 Å². The van der Waals surface area contributed by atoms with Crippen LogP contribution in [0.15, 0.2) is 25.3 Å². The number of allylic oxidation sites excluding steroid dienone is 1. The molecular weight excluding hydrogens is 348 g/mol. The van der Waals surface area contributed by atoms with Crippen molar-refractivity contribution < 1.29 is 23.9 Å². The van der Waals surface area contributed by atoms with Gasteiger partial charge in [-0.25, -0.2) is 4.79 Å². The summed E-state index contributed by atoms with van der Waals surface area (Å²) in [5.41, 5.74) is -0.660. The molecule has 0 aromatic rings. The van der Waals surface area contributed by atoms with E-state index in [1.165, 1.54) is 16.9 Å². The lowest BCUT2D eigenvalue weighted by Crippen LogP contribution is -2.52. The van der Waals surface area contributed by atoms with Crippen molar-refractivity contribution in [1.82, 2.24) is 9.80 Å². The van der Waals surface area contributed by atoms with Gasteiger partial charge in [-0.2, -0.15) is 0 Å². The van der Waals surface area contributed by atoms with Crippen LogP contribution in [0.1, 0.15) is 40.0 Å². The van der Waals surface area contributed by atoms with Crippen LogP contribution in [0.4, 0.5) is 4.79 Å². The molecule has 152 valence electrons. The number of carbonyl (C=O) groups excluding carboxylic acids is 3. The monoisotopic (exact) mass is 380 g/mol. The number of esters is 1. The maximum Gasteiger partial charge on any atom is 0.410 e. The zero-order chi connectivity index (χ0) is 20.6. The minimum absolute atomic E-state index is 0.158. The molecular formula is C20H32N2O5. The highest BCUT2D eigenvalue weighted by Crippen LogP contribution is 2.29. The van der Waals surface area contributed by atoms with E-state index in [0.29, 0.717) is 25.9 Å². The Labute approximate surface area is 162 Å². The molecule has 0 aromatic carbocycles. The van der Waals surface area contributed by atoms with Crippen LogP contribution in [0.3, 0.4) is 0 Å². The Morgan fingerprint density at radius 1 is 1.26 bits per heavy atom. The first kappa shape index (κ1) is 22.7. The van der Waals surface area contributed by atoms with E-state index < -0.39 is 23.7 Å². The molecule has 27 heavy (non-hydrogen) atoms. The fraction of sp³-hybridized carbons (Fsp3) is 0.650. The predicted molar refractivity (Wildman–Crippen MR) is 103 cm³/mol. The summed E-state index contributed by atoms with van der Waals surface area (Å²) in [6.07, 6.45) is 4.93. The molecule has 0 aliphatic carbocycles. The summed E-state index contributed by atoms with van der Waals surface area (Å²) < 4.78 is 10.2. The van der Waals surface area contributed by atoms with Crippen molar-refractivity contribution in [2.24, 2.45) is 5.92 Å². The molecule has 1 fully saturated rings. The number of hydrogen-bond acceptors (Lipinski definition) is 5. The predicted octanol–water partition coefficient (Wildman–Crippen LogP) is 2.77. The van der Waals surface area contributed by atoms with Gasteiger partial charge in [0.15, 0.2) is 0 Å². The Hall–Kier alpha value is -2.31. The second-order valence-corrected chi connectivity index (χ2v) is 7.57. The molecule has 1 rings (SSSR count). The summed E-state index contributed by atoms with van der Waals surface area (Å²) in [6.45, 7) is 13.4. The van der Waals surface area contributed by atoms with E-state index >= 15 is 0 Å². The average molecular weight is 380 g/mol. The lowest BCUT2D eigenvalue weighted by molar-refractivity contribution is -0.149. The van der Waals surface area contributed by atoms with Crippen LogP contribution in [-0.2, 0) is 19.1 Å². The van der Waals surface area contributed by atoms with Gasteiger partial charge < -0.3 is 14.4 Å². The zero-order valence-electron chi connectivity index (χ0n) is 16.9. The van der Waals surface area contributed by atoms with Gasteiger partial charge in [0.1, 0.15) is 18.2 Å². The first-order valence-electron chi connectivity index (χ1n) is 9.23. The van der Waals surface area contributed by atoms with Crippen molar-refractivity contribution in [1.29, 1.82) is 0 Å². The van der Waals surface area contributed by atoms with Gasteiger partial charge >= 0.3 is 12.1 Å². The van der Waals surface area contributed by atoms with Crippen LogP contribution in [0.5, 0.6) is 0 Å². The Kier molecular flexibility index (Phi) is 8.53. The Bertz CT molecular complexity index is 567. The van der Waals surface area contributed by atoms with Gasteiger partial charge in [0.05, 0.1) is 7.11 Å². The Morgan fingerprint density at radius 2 is 1.93 bits per heavy atom. The van der Waals surface area contributed by atoms with E-state index in [1.807, 2.05) is 0 Å². The summed E-state index contributed by atoms with van der Waals surface area (Å²) in [4.78, 5) is 40.5. The van der Waals surface area contributed by atoms with Gasteiger partial charge in [0.25, 0.3) is 0 Å². The van der Waals surface area contributed by atoms with Gasteiger partial charge in [0, 0.05) is 19.0 Å². The maximum atomic E-state index is 13.2.